The molecule has 0 aliphatic heterocycles. The molecular weight excluding hydrogens is 422 g/mol. The summed E-state index contributed by atoms with van der Waals surface area (Å²) >= 11 is 6.19. The lowest BCUT2D eigenvalue weighted by molar-refractivity contribution is 0.0937. The Balaban J connectivity index is 1.50. The molecule has 164 valence electrons. The van der Waals surface area contributed by atoms with Crippen molar-refractivity contribution in [1.82, 2.24) is 14.9 Å². The van der Waals surface area contributed by atoms with Gasteiger partial charge in [-0.25, -0.2) is 4.98 Å². The molecule has 6 heteroatoms. The Morgan fingerprint density at radius 2 is 1.78 bits per heavy atom. The van der Waals surface area contributed by atoms with Crippen LogP contribution in [0.15, 0.2) is 72.8 Å². The van der Waals surface area contributed by atoms with Crippen LogP contribution in [0.3, 0.4) is 0 Å². The molecule has 0 aliphatic rings. The number of amides is 1. The fraction of sp³-hybridized carbons (Fsp3) is 0.231. The minimum Gasteiger partial charge on any atom is -0.493 e. The summed E-state index contributed by atoms with van der Waals surface area (Å²) in [5, 5.41) is 3.47. The van der Waals surface area contributed by atoms with Crippen LogP contribution >= 0.6 is 11.6 Å². The molecule has 1 amide bonds. The highest BCUT2D eigenvalue weighted by atomic mass is 35.5. The number of nitrogens with zero attached hydrogens (tertiary/aromatic N) is 2. The summed E-state index contributed by atoms with van der Waals surface area (Å²) in [5.41, 5.74) is 3.52. The molecule has 0 aliphatic carbocycles. The molecule has 3 aromatic carbocycles. The van der Waals surface area contributed by atoms with E-state index in [-0.39, 0.29) is 11.9 Å². The second kappa shape index (κ2) is 9.88. The molecule has 0 fully saturated rings. The van der Waals surface area contributed by atoms with Crippen molar-refractivity contribution in [2.24, 2.45) is 0 Å². The summed E-state index contributed by atoms with van der Waals surface area (Å²) in [6, 6.07) is 22.8. The molecule has 1 aromatic heterocycles. The Labute approximate surface area is 193 Å². The molecule has 5 nitrogen and oxygen atoms in total. The maximum Gasteiger partial charge on any atom is 0.253 e. The molecule has 0 radical (unpaired) electrons. The van der Waals surface area contributed by atoms with Crippen LogP contribution in [0, 0.1) is 6.92 Å². The molecule has 1 N–H and O–H groups in total. The van der Waals surface area contributed by atoms with E-state index in [4.69, 9.17) is 21.3 Å². The van der Waals surface area contributed by atoms with Gasteiger partial charge in [-0.1, -0.05) is 54.1 Å². The standard InChI is InChI=1S/C26H26ClN3O2/c1-18-10-3-8-15-24(18)32-17-9-16-30-23-14-7-6-13-22(23)29-25(30)19(2)28-26(31)20-11-4-5-12-21(20)27/h3-8,10-15,19H,9,16-17H2,1-2H3,(H,28,31). The van der Waals surface area contributed by atoms with Crippen LogP contribution in [0.4, 0.5) is 0 Å². The molecule has 0 saturated carbocycles. The monoisotopic (exact) mass is 447 g/mol. The lowest BCUT2D eigenvalue weighted by atomic mass is 10.2. The number of carbonyl (C=O) groups excluding carboxylic acids is 1. The number of carbonyl (C=O) groups is 1. The average molecular weight is 448 g/mol. The van der Waals surface area contributed by atoms with E-state index in [0.29, 0.717) is 17.2 Å². The number of imidazole rings is 1. The van der Waals surface area contributed by atoms with Gasteiger partial charge in [-0.05, 0) is 56.2 Å². The number of rotatable bonds is 8. The summed E-state index contributed by atoms with van der Waals surface area (Å²) in [7, 11) is 0. The predicted octanol–water partition coefficient (Wildman–Crippen LogP) is 5.96. The second-order valence-electron chi connectivity index (χ2n) is 7.75. The first-order valence-corrected chi connectivity index (χ1v) is 11.1. The number of halogens is 1. The molecule has 4 aromatic rings. The Kier molecular flexibility index (Phi) is 6.76. The van der Waals surface area contributed by atoms with Gasteiger partial charge in [0.05, 0.1) is 34.3 Å². The van der Waals surface area contributed by atoms with E-state index in [1.807, 2.05) is 56.3 Å². The van der Waals surface area contributed by atoms with Crippen LogP contribution in [-0.4, -0.2) is 22.1 Å². The zero-order valence-corrected chi connectivity index (χ0v) is 19.0. The van der Waals surface area contributed by atoms with Crippen molar-refractivity contribution < 1.29 is 9.53 Å². The van der Waals surface area contributed by atoms with Gasteiger partial charge in [-0.3, -0.25) is 4.79 Å². The molecule has 0 bridgehead atoms. The number of hydrogen-bond donors (Lipinski definition) is 1. The molecule has 32 heavy (non-hydrogen) atoms. The maximum atomic E-state index is 12.8. The quantitative estimate of drug-likeness (QED) is 0.339. The van der Waals surface area contributed by atoms with E-state index in [1.165, 1.54) is 0 Å². The van der Waals surface area contributed by atoms with Gasteiger partial charge in [0.25, 0.3) is 5.91 Å². The molecule has 4 rings (SSSR count). The number of benzene rings is 3. The van der Waals surface area contributed by atoms with E-state index >= 15 is 0 Å². The summed E-state index contributed by atoms with van der Waals surface area (Å²) in [6.07, 6.45) is 0.812. The summed E-state index contributed by atoms with van der Waals surface area (Å²) < 4.78 is 8.13. The van der Waals surface area contributed by atoms with Crippen LogP contribution in [-0.2, 0) is 6.54 Å². The van der Waals surface area contributed by atoms with Crippen molar-refractivity contribution in [1.29, 1.82) is 0 Å². The first-order chi connectivity index (χ1) is 15.5. The zero-order valence-electron chi connectivity index (χ0n) is 18.2. The second-order valence-corrected chi connectivity index (χ2v) is 8.16. The van der Waals surface area contributed by atoms with Crippen LogP contribution in [0.25, 0.3) is 11.0 Å². The topological polar surface area (TPSA) is 56.1 Å². The van der Waals surface area contributed by atoms with Gasteiger partial charge < -0.3 is 14.6 Å². The first kappa shape index (κ1) is 21.9. The van der Waals surface area contributed by atoms with Crippen molar-refractivity contribution in [3.8, 4) is 5.75 Å². The Morgan fingerprint density at radius 1 is 1.06 bits per heavy atom. The van der Waals surface area contributed by atoms with Crippen molar-refractivity contribution >= 4 is 28.5 Å². The van der Waals surface area contributed by atoms with Crippen LogP contribution in [0.2, 0.25) is 5.02 Å². The highest BCUT2D eigenvalue weighted by Gasteiger charge is 2.20. The van der Waals surface area contributed by atoms with E-state index in [0.717, 1.165) is 41.1 Å². The molecule has 1 atom stereocenters. The number of nitrogens with one attached hydrogen (secondary N) is 1. The van der Waals surface area contributed by atoms with Crippen LogP contribution in [0.1, 0.15) is 41.1 Å². The minimum atomic E-state index is -0.288. The zero-order chi connectivity index (χ0) is 22.5. The lowest BCUT2D eigenvalue weighted by Gasteiger charge is -2.17. The van der Waals surface area contributed by atoms with Crippen molar-refractivity contribution in [2.75, 3.05) is 6.61 Å². The van der Waals surface area contributed by atoms with E-state index < -0.39 is 0 Å². The molecule has 0 saturated heterocycles. The fourth-order valence-electron chi connectivity index (χ4n) is 3.77. The minimum absolute atomic E-state index is 0.218. The highest BCUT2D eigenvalue weighted by molar-refractivity contribution is 6.33. The van der Waals surface area contributed by atoms with Gasteiger partial charge in [0, 0.05) is 6.54 Å². The van der Waals surface area contributed by atoms with Gasteiger partial charge in [0.15, 0.2) is 0 Å². The van der Waals surface area contributed by atoms with Gasteiger partial charge >= 0.3 is 0 Å². The van der Waals surface area contributed by atoms with Crippen molar-refractivity contribution in [3.63, 3.8) is 0 Å². The summed E-state index contributed by atoms with van der Waals surface area (Å²) in [5.74, 6) is 1.50. The SMILES string of the molecule is Cc1ccccc1OCCCn1c(C(C)NC(=O)c2ccccc2Cl)nc2ccccc21. The average Bonchev–Trinajstić information content (AvgIpc) is 3.17. The highest BCUT2D eigenvalue weighted by Crippen LogP contribution is 2.23. The number of aryl methyl sites for hydroxylation is 2. The molecule has 1 heterocycles. The van der Waals surface area contributed by atoms with Crippen LogP contribution < -0.4 is 10.1 Å². The number of para-hydroxylation sites is 3. The normalized spacial score (nSPS) is 12.0. The fourth-order valence-corrected chi connectivity index (χ4v) is 3.99. The largest absolute Gasteiger partial charge is 0.493 e. The Hall–Kier alpha value is -3.31. The third-order valence-electron chi connectivity index (χ3n) is 5.41. The smallest absolute Gasteiger partial charge is 0.253 e. The van der Waals surface area contributed by atoms with Crippen LogP contribution in [0.5, 0.6) is 5.75 Å². The third-order valence-corrected chi connectivity index (χ3v) is 5.74. The number of ether oxygens (including phenoxy) is 1. The van der Waals surface area contributed by atoms with Gasteiger partial charge in [-0.15, -0.1) is 0 Å². The van der Waals surface area contributed by atoms with Crippen molar-refractivity contribution in [2.45, 2.75) is 32.9 Å². The maximum absolute atomic E-state index is 12.8. The van der Waals surface area contributed by atoms with Crippen molar-refractivity contribution in [3.05, 3.63) is 94.8 Å². The Morgan fingerprint density at radius 3 is 2.59 bits per heavy atom. The Bertz CT molecular complexity index is 1230. The number of aromatic nitrogens is 2. The van der Waals surface area contributed by atoms with E-state index in [2.05, 4.69) is 16.0 Å². The van der Waals surface area contributed by atoms with E-state index in [9.17, 15) is 4.79 Å². The first-order valence-electron chi connectivity index (χ1n) is 10.7. The number of hydrogen-bond acceptors (Lipinski definition) is 3. The third kappa shape index (κ3) is 4.78. The molecular formula is C26H26ClN3O2. The van der Waals surface area contributed by atoms with Gasteiger partial charge in [0.1, 0.15) is 11.6 Å². The van der Waals surface area contributed by atoms with Gasteiger partial charge in [0.2, 0.25) is 0 Å². The summed E-state index contributed by atoms with van der Waals surface area (Å²) in [6.45, 7) is 5.31. The molecule has 0 spiro atoms. The lowest BCUT2D eigenvalue weighted by Crippen LogP contribution is -2.29. The summed E-state index contributed by atoms with van der Waals surface area (Å²) in [4.78, 5) is 17.6. The number of fused-ring (bicyclic) bond motifs is 1. The van der Waals surface area contributed by atoms with Gasteiger partial charge in [-0.2, -0.15) is 0 Å². The predicted molar refractivity (Wildman–Crippen MR) is 128 cm³/mol. The van der Waals surface area contributed by atoms with E-state index in [1.54, 1.807) is 24.3 Å². The molecule has 1 unspecified atom stereocenters.